The zero-order valence-corrected chi connectivity index (χ0v) is 20.0. The van der Waals surface area contributed by atoms with E-state index < -0.39 is 53.0 Å². The van der Waals surface area contributed by atoms with Crippen LogP contribution in [-0.2, 0) is 25.5 Å². The van der Waals surface area contributed by atoms with Gasteiger partial charge in [0, 0.05) is 12.1 Å². The van der Waals surface area contributed by atoms with Crippen LogP contribution in [0.1, 0.15) is 39.2 Å². The maximum atomic E-state index is 14.2. The molecule has 6 atom stereocenters. The number of hydrogen-bond acceptors (Lipinski definition) is 5. The molecule has 0 saturated carbocycles. The smallest absolute Gasteiger partial charge is 0.310 e. The summed E-state index contributed by atoms with van der Waals surface area (Å²) in [5.74, 6) is -3.76. The Kier molecular flexibility index (Phi) is 6.33. The van der Waals surface area contributed by atoms with E-state index in [4.69, 9.17) is 4.74 Å². The van der Waals surface area contributed by atoms with Crippen molar-refractivity contribution in [3.8, 4) is 0 Å². The molecule has 184 valence electrons. The quantitative estimate of drug-likeness (QED) is 0.562. The Morgan fingerprint density at radius 2 is 2.00 bits per heavy atom. The molecule has 1 aromatic rings. The fourth-order valence-electron chi connectivity index (χ4n) is 6.15. The Balaban J connectivity index is 1.81. The van der Waals surface area contributed by atoms with Crippen LogP contribution >= 0.6 is 0 Å². The number of carbonyl (C=O) groups is 3. The number of amides is 2. The van der Waals surface area contributed by atoms with Gasteiger partial charge in [0.2, 0.25) is 11.8 Å². The molecule has 34 heavy (non-hydrogen) atoms. The number of nitrogens with zero attached hydrogens (tertiary/aromatic N) is 2. The fraction of sp³-hybridized carbons (Fsp3) is 0.577. The number of fused-ring (bicyclic) bond motifs is 1. The highest BCUT2D eigenvalue weighted by atomic mass is 16.5. The lowest BCUT2D eigenvalue weighted by Crippen LogP contribution is -2.61. The molecule has 3 saturated heterocycles. The molecule has 3 aliphatic heterocycles. The van der Waals surface area contributed by atoms with E-state index in [9.17, 15) is 24.6 Å². The topological polar surface area (TPSA) is 107 Å². The van der Waals surface area contributed by atoms with Crippen LogP contribution in [0.25, 0.3) is 0 Å². The van der Waals surface area contributed by atoms with Crippen molar-refractivity contribution in [3.05, 3.63) is 48.6 Å². The van der Waals surface area contributed by atoms with Gasteiger partial charge < -0.3 is 24.7 Å². The highest BCUT2D eigenvalue weighted by Gasteiger charge is 2.75. The molecule has 3 aliphatic rings. The SMILES string of the molecule is C=CCN(C(=O)C1N([C@@H](CO)Cc2ccccc2)C(=O)[C@@H]2[C@@H](C(=O)O)[C@H]3CCC12O3)C(C)(C)C. The predicted molar refractivity (Wildman–Crippen MR) is 125 cm³/mol. The van der Waals surface area contributed by atoms with Gasteiger partial charge in [0.1, 0.15) is 11.6 Å². The third-order valence-corrected chi connectivity index (χ3v) is 7.56. The summed E-state index contributed by atoms with van der Waals surface area (Å²) in [6.07, 6.45) is 2.30. The molecule has 3 fully saturated rings. The van der Waals surface area contributed by atoms with E-state index in [0.29, 0.717) is 19.3 Å². The summed E-state index contributed by atoms with van der Waals surface area (Å²) in [5, 5.41) is 20.3. The van der Waals surface area contributed by atoms with Crippen molar-refractivity contribution in [2.45, 2.75) is 69.4 Å². The highest BCUT2D eigenvalue weighted by Crippen LogP contribution is 2.59. The van der Waals surface area contributed by atoms with Crippen molar-refractivity contribution in [1.82, 2.24) is 9.80 Å². The minimum absolute atomic E-state index is 0.274. The molecule has 0 aromatic heterocycles. The number of likely N-dealkylation sites (tertiary alicyclic amines) is 1. The average Bonchev–Trinajstić information content (AvgIpc) is 3.42. The Morgan fingerprint density at radius 1 is 1.32 bits per heavy atom. The van der Waals surface area contributed by atoms with Crippen molar-refractivity contribution < 1.29 is 29.3 Å². The number of aliphatic hydroxyl groups excluding tert-OH is 1. The molecule has 1 spiro atoms. The van der Waals surface area contributed by atoms with E-state index in [1.54, 1.807) is 11.0 Å². The summed E-state index contributed by atoms with van der Waals surface area (Å²) < 4.78 is 6.28. The van der Waals surface area contributed by atoms with E-state index >= 15 is 0 Å². The standard InChI is InChI=1S/C26H34N2O6/c1-5-13-27(25(2,3)4)23(31)21-26-12-11-18(34-26)19(24(32)33)20(26)22(30)28(21)17(15-29)14-16-9-7-6-8-10-16/h5-10,17-21,29H,1,11-15H2,2-4H3,(H,32,33)/t17-,18-,19+,20+,21?,26?/m1/s1. The van der Waals surface area contributed by atoms with Crippen LogP contribution in [0, 0.1) is 11.8 Å². The van der Waals surface area contributed by atoms with Crippen LogP contribution < -0.4 is 0 Å². The van der Waals surface area contributed by atoms with Crippen LogP contribution in [-0.4, -0.2) is 80.3 Å². The first-order valence-corrected chi connectivity index (χ1v) is 11.9. The van der Waals surface area contributed by atoms with Crippen molar-refractivity contribution in [1.29, 1.82) is 0 Å². The van der Waals surface area contributed by atoms with Crippen LogP contribution in [0.3, 0.4) is 0 Å². The number of carboxylic acid groups (broad SMARTS) is 1. The molecule has 8 heteroatoms. The normalized spacial score (nSPS) is 30.8. The van der Waals surface area contributed by atoms with Crippen molar-refractivity contribution >= 4 is 17.8 Å². The molecule has 1 aromatic carbocycles. The largest absolute Gasteiger partial charge is 0.481 e. The van der Waals surface area contributed by atoms with Crippen LogP contribution in [0.15, 0.2) is 43.0 Å². The molecule has 3 heterocycles. The van der Waals surface area contributed by atoms with Gasteiger partial charge in [-0.25, -0.2) is 0 Å². The Labute approximate surface area is 200 Å². The number of hydrogen-bond donors (Lipinski definition) is 2. The van der Waals surface area contributed by atoms with Crippen molar-refractivity contribution in [3.63, 3.8) is 0 Å². The summed E-state index contributed by atoms with van der Waals surface area (Å²) >= 11 is 0. The second-order valence-electron chi connectivity index (χ2n) is 10.6. The lowest BCUT2D eigenvalue weighted by atomic mass is 9.70. The third kappa shape index (κ3) is 3.73. The first kappa shape index (κ1) is 24.4. The van der Waals surface area contributed by atoms with Crippen molar-refractivity contribution in [2.24, 2.45) is 11.8 Å². The molecule has 2 bridgehead atoms. The van der Waals surface area contributed by atoms with E-state index in [0.717, 1.165) is 5.56 Å². The summed E-state index contributed by atoms with van der Waals surface area (Å²) in [4.78, 5) is 43.4. The second kappa shape index (κ2) is 8.82. The zero-order valence-electron chi connectivity index (χ0n) is 20.0. The van der Waals surface area contributed by atoms with Gasteiger partial charge in [0.05, 0.1) is 30.6 Å². The lowest BCUT2D eigenvalue weighted by molar-refractivity contribution is -0.155. The summed E-state index contributed by atoms with van der Waals surface area (Å²) in [6.45, 7) is 9.43. The minimum Gasteiger partial charge on any atom is -0.481 e. The predicted octanol–water partition coefficient (Wildman–Crippen LogP) is 1.86. The summed E-state index contributed by atoms with van der Waals surface area (Å²) in [6, 6.07) is 7.74. The minimum atomic E-state index is -1.21. The van der Waals surface area contributed by atoms with Gasteiger partial charge in [-0.3, -0.25) is 14.4 Å². The molecule has 2 amide bonds. The van der Waals surface area contributed by atoms with E-state index in [1.165, 1.54) is 4.90 Å². The molecule has 8 nitrogen and oxygen atoms in total. The van der Waals surface area contributed by atoms with Gasteiger partial charge >= 0.3 is 5.97 Å². The monoisotopic (exact) mass is 470 g/mol. The molecular weight excluding hydrogens is 436 g/mol. The number of benzene rings is 1. The molecule has 4 rings (SSSR count). The van der Waals surface area contributed by atoms with Gasteiger partial charge in [0.25, 0.3) is 0 Å². The molecule has 2 N–H and O–H groups in total. The number of carbonyl (C=O) groups excluding carboxylic acids is 2. The summed E-state index contributed by atoms with van der Waals surface area (Å²) in [5.41, 5.74) is -0.864. The second-order valence-corrected chi connectivity index (χ2v) is 10.6. The Bertz CT molecular complexity index is 973. The lowest BCUT2D eigenvalue weighted by Gasteiger charge is -2.43. The molecule has 2 unspecified atom stereocenters. The van der Waals surface area contributed by atoms with E-state index in [-0.39, 0.29) is 19.1 Å². The van der Waals surface area contributed by atoms with Gasteiger partial charge in [-0.15, -0.1) is 6.58 Å². The zero-order chi connectivity index (χ0) is 24.8. The fourth-order valence-corrected chi connectivity index (χ4v) is 6.15. The number of carboxylic acids is 1. The van der Waals surface area contributed by atoms with Gasteiger partial charge in [-0.2, -0.15) is 0 Å². The number of aliphatic carboxylic acids is 1. The maximum Gasteiger partial charge on any atom is 0.310 e. The molecule has 0 radical (unpaired) electrons. The van der Waals surface area contributed by atoms with E-state index in [1.807, 2.05) is 51.1 Å². The molecular formula is C26H34N2O6. The number of rotatable bonds is 8. The van der Waals surface area contributed by atoms with Gasteiger partial charge in [-0.1, -0.05) is 36.4 Å². The Hall–Kier alpha value is -2.71. The van der Waals surface area contributed by atoms with Gasteiger partial charge in [-0.05, 0) is 45.6 Å². The Morgan fingerprint density at radius 3 is 2.56 bits per heavy atom. The first-order chi connectivity index (χ1) is 16.1. The third-order valence-electron chi connectivity index (χ3n) is 7.56. The van der Waals surface area contributed by atoms with Crippen LogP contribution in [0.5, 0.6) is 0 Å². The average molecular weight is 471 g/mol. The first-order valence-electron chi connectivity index (χ1n) is 11.9. The maximum absolute atomic E-state index is 14.2. The van der Waals surface area contributed by atoms with Crippen LogP contribution in [0.2, 0.25) is 0 Å². The summed E-state index contributed by atoms with van der Waals surface area (Å²) in [7, 11) is 0. The van der Waals surface area contributed by atoms with Gasteiger partial charge in [0.15, 0.2) is 0 Å². The molecule has 0 aliphatic carbocycles. The van der Waals surface area contributed by atoms with E-state index in [2.05, 4.69) is 6.58 Å². The number of aliphatic hydroxyl groups is 1. The van der Waals surface area contributed by atoms with Crippen LogP contribution in [0.4, 0.5) is 0 Å². The highest BCUT2D eigenvalue weighted by molar-refractivity contribution is 5.98. The number of ether oxygens (including phenoxy) is 1. The van der Waals surface area contributed by atoms with Crippen molar-refractivity contribution in [2.75, 3.05) is 13.2 Å².